The molecule has 4 nitrogen and oxygen atoms in total. The second kappa shape index (κ2) is 8.08. The van der Waals surface area contributed by atoms with Crippen LogP contribution in [0.3, 0.4) is 0 Å². The highest BCUT2D eigenvalue weighted by Gasteiger charge is 2.20. The Balaban J connectivity index is 2.16. The Morgan fingerprint density at radius 3 is 2.76 bits per heavy atom. The van der Waals surface area contributed by atoms with Crippen LogP contribution in [0.15, 0.2) is 24.3 Å². The number of hydrogen-bond acceptors (Lipinski definition) is 3. The minimum atomic E-state index is -0.764. The maximum atomic E-state index is 10.9. The summed E-state index contributed by atoms with van der Waals surface area (Å²) in [5.74, 6) is 0.199. The largest absolute Gasteiger partial charge is 0.497 e. The number of carboxylic acids is 1. The molecule has 0 unspecified atom stereocenters. The minimum absolute atomic E-state index is 0.121. The highest BCUT2D eigenvalue weighted by Crippen LogP contribution is 2.18. The molecule has 0 saturated carbocycles. The molecule has 114 valence electrons. The second-order valence-electron chi connectivity index (χ2n) is 5.15. The fourth-order valence-corrected chi connectivity index (χ4v) is 3.42. The first kappa shape index (κ1) is 15.9. The number of thioether (sulfide) groups is 1. The molecule has 1 saturated heterocycles. The van der Waals surface area contributed by atoms with Gasteiger partial charge in [-0.25, -0.2) is 4.58 Å². The van der Waals surface area contributed by atoms with Gasteiger partial charge in [-0.05, 0) is 24.1 Å². The molecule has 0 radical (unpaired) electrons. The molecule has 1 aliphatic heterocycles. The Labute approximate surface area is 129 Å². The molecule has 1 aliphatic rings. The van der Waals surface area contributed by atoms with Crippen molar-refractivity contribution in [3.63, 3.8) is 0 Å². The van der Waals surface area contributed by atoms with Crippen molar-refractivity contribution in [2.24, 2.45) is 0 Å². The van der Waals surface area contributed by atoms with Crippen molar-refractivity contribution in [2.75, 3.05) is 26.0 Å². The van der Waals surface area contributed by atoms with Crippen molar-refractivity contribution in [1.29, 1.82) is 0 Å². The summed E-state index contributed by atoms with van der Waals surface area (Å²) in [6.45, 7) is 2.07. The molecule has 0 aliphatic carbocycles. The molecule has 0 aromatic heterocycles. The van der Waals surface area contributed by atoms with Crippen molar-refractivity contribution in [3.8, 4) is 5.75 Å². The molecule has 1 aromatic carbocycles. The zero-order valence-electron chi connectivity index (χ0n) is 12.4. The summed E-state index contributed by atoms with van der Waals surface area (Å²) in [6, 6.07) is 7.98. The SMILES string of the molecule is COc1cccc(CC(SCC(=O)O)=[N+]2CCCCC2)c1. The van der Waals surface area contributed by atoms with Crippen molar-refractivity contribution in [1.82, 2.24) is 0 Å². The lowest BCUT2D eigenvalue weighted by molar-refractivity contribution is -0.535. The molecule has 5 heteroatoms. The Morgan fingerprint density at radius 1 is 1.33 bits per heavy atom. The van der Waals surface area contributed by atoms with Gasteiger partial charge in [0.05, 0.1) is 13.5 Å². The Bertz CT molecular complexity index is 520. The third-order valence-corrected chi connectivity index (χ3v) is 4.69. The summed E-state index contributed by atoms with van der Waals surface area (Å²) >= 11 is 1.45. The number of carbonyl (C=O) groups is 1. The van der Waals surface area contributed by atoms with E-state index in [1.165, 1.54) is 31.0 Å². The molecule has 0 spiro atoms. The molecule has 2 rings (SSSR count). The van der Waals surface area contributed by atoms with Gasteiger partial charge < -0.3 is 9.84 Å². The molecular formula is C16H22NO3S+. The maximum Gasteiger partial charge on any atom is 0.314 e. The summed E-state index contributed by atoms with van der Waals surface area (Å²) in [6.07, 6.45) is 4.42. The van der Waals surface area contributed by atoms with Gasteiger partial charge in [-0.2, -0.15) is 0 Å². The van der Waals surface area contributed by atoms with Crippen molar-refractivity contribution < 1.29 is 19.2 Å². The van der Waals surface area contributed by atoms with Gasteiger partial charge in [0.25, 0.3) is 0 Å². The average molecular weight is 308 g/mol. The summed E-state index contributed by atoms with van der Waals surface area (Å²) in [7, 11) is 1.66. The van der Waals surface area contributed by atoms with Gasteiger partial charge in [0.1, 0.15) is 24.6 Å². The molecule has 0 bridgehead atoms. The Hall–Kier alpha value is -1.49. The quantitative estimate of drug-likeness (QED) is 0.671. The molecule has 1 aromatic rings. The van der Waals surface area contributed by atoms with E-state index in [0.717, 1.165) is 35.9 Å². The van der Waals surface area contributed by atoms with E-state index >= 15 is 0 Å². The fourth-order valence-electron chi connectivity index (χ4n) is 2.50. The number of aliphatic carboxylic acids is 1. The molecule has 21 heavy (non-hydrogen) atoms. The topological polar surface area (TPSA) is 49.5 Å². The lowest BCUT2D eigenvalue weighted by atomic mass is 10.1. The first-order valence-electron chi connectivity index (χ1n) is 7.27. The second-order valence-corrected chi connectivity index (χ2v) is 6.20. The van der Waals surface area contributed by atoms with Crippen molar-refractivity contribution in [3.05, 3.63) is 29.8 Å². The van der Waals surface area contributed by atoms with Crippen LogP contribution in [0.2, 0.25) is 0 Å². The van der Waals surface area contributed by atoms with Crippen LogP contribution < -0.4 is 4.74 Å². The smallest absolute Gasteiger partial charge is 0.314 e. The number of carboxylic acid groups (broad SMARTS) is 1. The van der Waals surface area contributed by atoms with Crippen LogP contribution in [0.25, 0.3) is 0 Å². The van der Waals surface area contributed by atoms with E-state index in [0.29, 0.717) is 0 Å². The van der Waals surface area contributed by atoms with E-state index in [2.05, 4.69) is 10.6 Å². The number of piperidine rings is 1. The third kappa shape index (κ3) is 5.08. The van der Waals surface area contributed by atoms with E-state index in [-0.39, 0.29) is 5.75 Å². The first-order valence-corrected chi connectivity index (χ1v) is 8.26. The van der Waals surface area contributed by atoms with E-state index < -0.39 is 5.97 Å². The van der Waals surface area contributed by atoms with E-state index in [1.54, 1.807) is 7.11 Å². The molecule has 1 fully saturated rings. The van der Waals surface area contributed by atoms with E-state index in [1.807, 2.05) is 18.2 Å². The number of rotatable bonds is 5. The number of nitrogens with zero attached hydrogens (tertiary/aromatic N) is 1. The number of ether oxygens (including phenoxy) is 1. The summed E-state index contributed by atoms with van der Waals surface area (Å²) in [4.78, 5) is 10.9. The van der Waals surface area contributed by atoms with Crippen LogP contribution in [-0.4, -0.2) is 46.6 Å². The van der Waals surface area contributed by atoms with Crippen LogP contribution in [0, 0.1) is 0 Å². The first-order chi connectivity index (χ1) is 10.2. The standard InChI is InChI=1S/C16H21NO3S/c1-20-14-7-5-6-13(10-14)11-15(21-12-16(18)19)17-8-3-2-4-9-17/h5-7,10H,2-4,8-9,11-12H2,1H3/p+1. The van der Waals surface area contributed by atoms with Gasteiger partial charge in [-0.15, -0.1) is 0 Å². The monoisotopic (exact) mass is 308 g/mol. The third-order valence-electron chi connectivity index (χ3n) is 3.56. The zero-order chi connectivity index (χ0) is 15.1. The number of hydrogen-bond donors (Lipinski definition) is 1. The molecule has 1 N–H and O–H groups in total. The Kier molecular flexibility index (Phi) is 6.11. The van der Waals surface area contributed by atoms with Gasteiger partial charge in [0, 0.05) is 12.8 Å². The maximum absolute atomic E-state index is 10.9. The summed E-state index contributed by atoms with van der Waals surface area (Å²) < 4.78 is 7.60. The average Bonchev–Trinajstić information content (AvgIpc) is 2.52. The van der Waals surface area contributed by atoms with Gasteiger partial charge in [0.2, 0.25) is 5.04 Å². The van der Waals surface area contributed by atoms with Gasteiger partial charge >= 0.3 is 5.97 Å². The predicted molar refractivity (Wildman–Crippen MR) is 85.6 cm³/mol. The number of methoxy groups -OCH3 is 1. The fraction of sp³-hybridized carbons (Fsp3) is 0.500. The van der Waals surface area contributed by atoms with Crippen LogP contribution in [0.5, 0.6) is 5.75 Å². The molecule has 1 heterocycles. The van der Waals surface area contributed by atoms with E-state index in [9.17, 15) is 4.79 Å². The van der Waals surface area contributed by atoms with Crippen LogP contribution in [0.4, 0.5) is 0 Å². The van der Waals surface area contributed by atoms with Crippen molar-refractivity contribution >= 4 is 22.8 Å². The van der Waals surface area contributed by atoms with Crippen LogP contribution in [-0.2, 0) is 11.2 Å². The number of benzene rings is 1. The normalized spacial score (nSPS) is 14.8. The van der Waals surface area contributed by atoms with Crippen LogP contribution >= 0.6 is 11.8 Å². The Morgan fingerprint density at radius 2 is 2.10 bits per heavy atom. The van der Waals surface area contributed by atoms with Gasteiger partial charge in [-0.1, -0.05) is 23.9 Å². The molecule has 0 atom stereocenters. The van der Waals surface area contributed by atoms with Gasteiger partial charge in [-0.3, -0.25) is 4.79 Å². The zero-order valence-corrected chi connectivity index (χ0v) is 13.2. The highest BCUT2D eigenvalue weighted by molar-refractivity contribution is 8.14. The van der Waals surface area contributed by atoms with Crippen LogP contribution in [0.1, 0.15) is 24.8 Å². The van der Waals surface area contributed by atoms with Crippen molar-refractivity contribution in [2.45, 2.75) is 25.7 Å². The molecule has 0 amide bonds. The summed E-state index contributed by atoms with van der Waals surface area (Å²) in [5.41, 5.74) is 1.16. The van der Waals surface area contributed by atoms with Gasteiger partial charge in [0.15, 0.2) is 0 Å². The predicted octanol–water partition coefficient (Wildman–Crippen LogP) is 2.65. The highest BCUT2D eigenvalue weighted by atomic mass is 32.2. The lowest BCUT2D eigenvalue weighted by Crippen LogP contribution is -2.27. The lowest BCUT2D eigenvalue weighted by Gasteiger charge is -2.14. The molecular weight excluding hydrogens is 286 g/mol. The van der Waals surface area contributed by atoms with E-state index in [4.69, 9.17) is 9.84 Å². The summed E-state index contributed by atoms with van der Waals surface area (Å²) in [5, 5.41) is 10.1. The minimum Gasteiger partial charge on any atom is -0.497 e.